The minimum absolute atomic E-state index is 0.557. The van der Waals surface area contributed by atoms with Crippen LogP contribution in [0.15, 0.2) is 28.0 Å². The van der Waals surface area contributed by atoms with E-state index in [1.165, 1.54) is 34.6 Å². The second kappa shape index (κ2) is 5.00. The summed E-state index contributed by atoms with van der Waals surface area (Å²) in [6.07, 6.45) is 7.52. The number of aromatic nitrogens is 2. The third kappa shape index (κ3) is 2.23. The van der Waals surface area contributed by atoms with Crippen molar-refractivity contribution in [3.05, 3.63) is 44.8 Å². The van der Waals surface area contributed by atoms with Gasteiger partial charge in [-0.1, -0.05) is 6.07 Å². The van der Waals surface area contributed by atoms with E-state index < -0.39 is 0 Å². The monoisotopic (exact) mass is 300 g/mol. The maximum atomic E-state index is 5.71. The lowest BCUT2D eigenvalue weighted by molar-refractivity contribution is 0.559. The van der Waals surface area contributed by atoms with Gasteiger partial charge in [-0.25, -0.2) is 0 Å². The molecule has 4 rings (SSSR count). The maximum absolute atomic E-state index is 5.71. The van der Waals surface area contributed by atoms with Crippen LogP contribution in [0.3, 0.4) is 0 Å². The summed E-state index contributed by atoms with van der Waals surface area (Å²) < 4.78 is 5.71. The molecular weight excluding hydrogens is 288 g/mol. The van der Waals surface area contributed by atoms with Crippen molar-refractivity contribution in [2.75, 3.05) is 0 Å². The second-order valence-corrected chi connectivity index (χ2v) is 6.82. The summed E-state index contributed by atoms with van der Waals surface area (Å²) in [6, 6.07) is 6.28. The molecule has 100 valence electrons. The Morgan fingerprint density at radius 2 is 2.20 bits per heavy atom. The van der Waals surface area contributed by atoms with Crippen molar-refractivity contribution < 1.29 is 4.42 Å². The average Bonchev–Trinajstić information content (AvgIpc) is 3.19. The Bertz CT molecular complexity index is 731. The molecule has 0 N–H and O–H groups in total. The molecule has 5 heteroatoms. The van der Waals surface area contributed by atoms with Gasteiger partial charge in [0.1, 0.15) is 0 Å². The lowest BCUT2D eigenvalue weighted by Crippen LogP contribution is -1.74. The predicted molar refractivity (Wildman–Crippen MR) is 82.9 cm³/mol. The van der Waals surface area contributed by atoms with Crippen molar-refractivity contribution >= 4 is 34.8 Å². The molecule has 3 heterocycles. The summed E-state index contributed by atoms with van der Waals surface area (Å²) in [5.41, 5.74) is 1.46. The molecule has 0 unspecified atom stereocenters. The molecule has 3 aromatic heterocycles. The van der Waals surface area contributed by atoms with Crippen molar-refractivity contribution in [3.63, 3.8) is 0 Å². The molecule has 1 aliphatic rings. The van der Waals surface area contributed by atoms with Gasteiger partial charge in [0, 0.05) is 15.8 Å². The number of hydrogen-bond donors (Lipinski definition) is 0. The number of hydrogen-bond acceptors (Lipinski definition) is 5. The Balaban J connectivity index is 1.58. The van der Waals surface area contributed by atoms with Crippen LogP contribution in [0.2, 0.25) is 0 Å². The van der Waals surface area contributed by atoms with Crippen molar-refractivity contribution in [1.82, 2.24) is 10.2 Å². The first-order valence-corrected chi connectivity index (χ1v) is 8.25. The van der Waals surface area contributed by atoms with Gasteiger partial charge in [0.2, 0.25) is 5.89 Å². The van der Waals surface area contributed by atoms with Crippen LogP contribution in [-0.2, 0) is 12.8 Å². The molecule has 3 aromatic rings. The van der Waals surface area contributed by atoms with Crippen LogP contribution in [-0.4, -0.2) is 10.2 Å². The van der Waals surface area contributed by atoms with E-state index in [0.717, 1.165) is 4.88 Å². The fourth-order valence-electron chi connectivity index (χ4n) is 2.38. The zero-order chi connectivity index (χ0) is 13.4. The second-order valence-electron chi connectivity index (χ2n) is 4.71. The molecule has 20 heavy (non-hydrogen) atoms. The van der Waals surface area contributed by atoms with Gasteiger partial charge >= 0.3 is 0 Å². The number of aryl methyl sites for hydroxylation is 2. The topological polar surface area (TPSA) is 38.9 Å². The summed E-state index contributed by atoms with van der Waals surface area (Å²) in [5.74, 6) is 1.19. The van der Waals surface area contributed by atoms with E-state index in [1.807, 2.05) is 23.6 Å². The Morgan fingerprint density at radius 3 is 3.05 bits per heavy atom. The molecule has 0 radical (unpaired) electrons. The first kappa shape index (κ1) is 12.1. The van der Waals surface area contributed by atoms with E-state index in [-0.39, 0.29) is 0 Å². The molecule has 3 nitrogen and oxygen atoms in total. The molecule has 0 aliphatic heterocycles. The molecule has 0 saturated carbocycles. The van der Waals surface area contributed by atoms with Gasteiger partial charge in [-0.15, -0.1) is 32.9 Å². The van der Waals surface area contributed by atoms with E-state index >= 15 is 0 Å². The van der Waals surface area contributed by atoms with Crippen molar-refractivity contribution in [2.24, 2.45) is 0 Å². The lowest BCUT2D eigenvalue weighted by atomic mass is 10.2. The number of fused-ring (bicyclic) bond motifs is 1. The van der Waals surface area contributed by atoms with Crippen molar-refractivity contribution in [1.29, 1.82) is 0 Å². The molecule has 0 amide bonds. The van der Waals surface area contributed by atoms with E-state index in [4.69, 9.17) is 4.42 Å². The SMILES string of the molecule is C(=C\c1cccs1)/c1nnc(-c2cc3c(s2)CCC3)o1. The molecule has 1 aliphatic carbocycles. The summed E-state index contributed by atoms with van der Waals surface area (Å²) in [7, 11) is 0. The first-order chi connectivity index (χ1) is 9.88. The Labute approximate surface area is 124 Å². The highest BCUT2D eigenvalue weighted by Crippen LogP contribution is 2.35. The zero-order valence-corrected chi connectivity index (χ0v) is 12.3. The largest absolute Gasteiger partial charge is 0.416 e. The van der Waals surface area contributed by atoms with Gasteiger partial charge in [-0.3, -0.25) is 0 Å². The van der Waals surface area contributed by atoms with E-state index in [9.17, 15) is 0 Å². The smallest absolute Gasteiger partial charge is 0.258 e. The van der Waals surface area contributed by atoms with Gasteiger partial charge in [-0.05, 0) is 48.4 Å². The first-order valence-electron chi connectivity index (χ1n) is 6.55. The minimum Gasteiger partial charge on any atom is -0.416 e. The number of rotatable bonds is 3. The minimum atomic E-state index is 0.557. The molecular formula is C15H12N2OS2. The zero-order valence-electron chi connectivity index (χ0n) is 10.7. The molecule has 0 spiro atoms. The number of nitrogens with zero attached hydrogens (tertiary/aromatic N) is 2. The quantitative estimate of drug-likeness (QED) is 0.714. The highest BCUT2D eigenvalue weighted by molar-refractivity contribution is 7.15. The van der Waals surface area contributed by atoms with Crippen LogP contribution in [0.4, 0.5) is 0 Å². The van der Waals surface area contributed by atoms with Crippen LogP contribution in [0.25, 0.3) is 22.9 Å². The highest BCUT2D eigenvalue weighted by atomic mass is 32.1. The van der Waals surface area contributed by atoms with E-state index in [0.29, 0.717) is 11.8 Å². The summed E-state index contributed by atoms with van der Waals surface area (Å²) in [5, 5.41) is 10.3. The number of thiophene rings is 2. The summed E-state index contributed by atoms with van der Waals surface area (Å²) in [4.78, 5) is 3.76. The predicted octanol–water partition coefficient (Wildman–Crippen LogP) is 4.52. The third-order valence-corrected chi connectivity index (χ3v) is 5.39. The maximum Gasteiger partial charge on any atom is 0.258 e. The molecule has 0 saturated heterocycles. The van der Waals surface area contributed by atoms with Crippen molar-refractivity contribution in [2.45, 2.75) is 19.3 Å². The summed E-state index contributed by atoms with van der Waals surface area (Å²) in [6.45, 7) is 0. The van der Waals surface area contributed by atoms with Gasteiger partial charge in [0.25, 0.3) is 5.89 Å². The fraction of sp³-hybridized carbons (Fsp3) is 0.200. The highest BCUT2D eigenvalue weighted by Gasteiger charge is 2.18. The fourth-order valence-corrected chi connectivity index (χ4v) is 4.17. The third-order valence-electron chi connectivity index (χ3n) is 3.33. The van der Waals surface area contributed by atoms with Crippen LogP contribution in [0.1, 0.15) is 27.6 Å². The Kier molecular flexibility index (Phi) is 3.01. The molecule has 0 atom stereocenters. The van der Waals surface area contributed by atoms with Gasteiger partial charge < -0.3 is 4.42 Å². The van der Waals surface area contributed by atoms with Gasteiger partial charge in [0.15, 0.2) is 0 Å². The van der Waals surface area contributed by atoms with Gasteiger partial charge in [-0.2, -0.15) is 0 Å². The average molecular weight is 300 g/mol. The standard InChI is InChI=1S/C15H12N2OS2/c1-3-10-9-13(20-12(10)5-1)15-17-16-14(18-15)7-6-11-4-2-8-19-11/h2,4,6-9H,1,3,5H2/b7-6+. The van der Waals surface area contributed by atoms with Crippen LogP contribution in [0, 0.1) is 0 Å². The Morgan fingerprint density at radius 1 is 1.20 bits per heavy atom. The molecule has 0 aromatic carbocycles. The van der Waals surface area contributed by atoms with E-state index in [2.05, 4.69) is 22.3 Å². The molecule has 0 fully saturated rings. The molecule has 0 bridgehead atoms. The lowest BCUT2D eigenvalue weighted by Gasteiger charge is -1.87. The van der Waals surface area contributed by atoms with Crippen LogP contribution in [0.5, 0.6) is 0 Å². The summed E-state index contributed by atoms with van der Waals surface area (Å²) >= 11 is 3.47. The van der Waals surface area contributed by atoms with Crippen LogP contribution < -0.4 is 0 Å². The normalized spacial score (nSPS) is 14.2. The van der Waals surface area contributed by atoms with E-state index in [1.54, 1.807) is 22.7 Å². The van der Waals surface area contributed by atoms with Crippen molar-refractivity contribution in [3.8, 4) is 10.8 Å². The van der Waals surface area contributed by atoms with Crippen LogP contribution >= 0.6 is 22.7 Å². The Hall–Kier alpha value is -1.72. The van der Waals surface area contributed by atoms with Gasteiger partial charge in [0.05, 0.1) is 4.88 Å².